The van der Waals surface area contributed by atoms with E-state index >= 15 is 0 Å². The molecule has 13 heavy (non-hydrogen) atoms. The van der Waals surface area contributed by atoms with Gasteiger partial charge < -0.3 is 0 Å². The van der Waals surface area contributed by atoms with E-state index < -0.39 is 0 Å². The molecule has 1 aromatic rings. The average Bonchev–Trinajstić information content (AvgIpc) is 2.15. The highest BCUT2D eigenvalue weighted by Gasteiger charge is 2.05. The Hall–Kier alpha value is -0.780. The maximum absolute atomic E-state index is 4.18. The van der Waals surface area contributed by atoms with Crippen molar-refractivity contribution in [1.82, 2.24) is 0 Å². The van der Waals surface area contributed by atoms with E-state index in [1.165, 1.54) is 18.4 Å². The molecule has 0 aliphatic rings. The lowest BCUT2D eigenvalue weighted by Crippen LogP contribution is -1.96. The zero-order chi connectivity index (χ0) is 9.68. The fourth-order valence-electron chi connectivity index (χ4n) is 1.43. The molecule has 0 saturated carbocycles. The van der Waals surface area contributed by atoms with Gasteiger partial charge in [0, 0.05) is 0 Å². The van der Waals surface area contributed by atoms with E-state index in [4.69, 9.17) is 0 Å². The summed E-state index contributed by atoms with van der Waals surface area (Å²) < 4.78 is 0. The summed E-state index contributed by atoms with van der Waals surface area (Å²) in [7, 11) is 0. The summed E-state index contributed by atoms with van der Waals surface area (Å²) in [6, 6.07) is 10.6. The van der Waals surface area contributed by atoms with Crippen molar-refractivity contribution < 1.29 is 0 Å². The minimum absolute atomic E-state index is 0.462. The normalized spacial score (nSPS) is 13.2. The Morgan fingerprint density at radius 2 is 1.69 bits per heavy atom. The second-order valence-electron chi connectivity index (χ2n) is 4.08. The number of benzene rings is 1. The molecule has 1 aromatic carbocycles. The van der Waals surface area contributed by atoms with E-state index in [0.717, 1.165) is 5.92 Å². The SMILES string of the molecule is [CH2]C(CCC(C)C)c1ccccc1. The van der Waals surface area contributed by atoms with Crippen LogP contribution < -0.4 is 0 Å². The zero-order valence-electron chi connectivity index (χ0n) is 8.66. The monoisotopic (exact) mass is 175 g/mol. The van der Waals surface area contributed by atoms with Crippen LogP contribution in [0.3, 0.4) is 0 Å². The van der Waals surface area contributed by atoms with Crippen LogP contribution in [0.25, 0.3) is 0 Å². The Morgan fingerprint density at radius 3 is 2.23 bits per heavy atom. The van der Waals surface area contributed by atoms with Crippen molar-refractivity contribution in [2.45, 2.75) is 32.6 Å². The van der Waals surface area contributed by atoms with Gasteiger partial charge in [0.05, 0.1) is 0 Å². The van der Waals surface area contributed by atoms with E-state index in [-0.39, 0.29) is 0 Å². The average molecular weight is 175 g/mol. The molecule has 71 valence electrons. The van der Waals surface area contributed by atoms with Crippen LogP contribution in [-0.2, 0) is 0 Å². The predicted octanol–water partition coefficient (Wildman–Crippen LogP) is 4.04. The van der Waals surface area contributed by atoms with Gasteiger partial charge in [-0.05, 0) is 30.7 Å². The smallest absolute Gasteiger partial charge is 0.0162 e. The summed E-state index contributed by atoms with van der Waals surface area (Å²) in [5.41, 5.74) is 1.36. The first kappa shape index (κ1) is 10.3. The minimum atomic E-state index is 0.462. The molecule has 0 fully saturated rings. The quantitative estimate of drug-likeness (QED) is 0.648. The van der Waals surface area contributed by atoms with Gasteiger partial charge in [0.1, 0.15) is 0 Å². The molecule has 0 spiro atoms. The van der Waals surface area contributed by atoms with Gasteiger partial charge in [0.15, 0.2) is 0 Å². The predicted molar refractivity (Wildman–Crippen MR) is 58.6 cm³/mol. The van der Waals surface area contributed by atoms with Gasteiger partial charge in [-0.3, -0.25) is 0 Å². The fourth-order valence-corrected chi connectivity index (χ4v) is 1.43. The lowest BCUT2D eigenvalue weighted by Gasteiger charge is -2.12. The van der Waals surface area contributed by atoms with Crippen LogP contribution in [0.2, 0.25) is 0 Å². The first-order valence-electron chi connectivity index (χ1n) is 5.08. The topological polar surface area (TPSA) is 0 Å². The van der Waals surface area contributed by atoms with E-state index in [1.807, 2.05) is 0 Å². The molecule has 1 rings (SSSR count). The maximum Gasteiger partial charge on any atom is -0.0162 e. The molecular weight excluding hydrogens is 156 g/mol. The molecule has 1 radical (unpaired) electrons. The van der Waals surface area contributed by atoms with E-state index in [2.05, 4.69) is 51.1 Å². The third-order valence-corrected chi connectivity index (χ3v) is 2.36. The molecule has 0 bridgehead atoms. The van der Waals surface area contributed by atoms with Gasteiger partial charge in [-0.25, -0.2) is 0 Å². The highest BCUT2D eigenvalue weighted by atomic mass is 14.1. The molecule has 0 saturated heterocycles. The highest BCUT2D eigenvalue weighted by molar-refractivity contribution is 5.20. The number of hydrogen-bond acceptors (Lipinski definition) is 0. The molecule has 0 aromatic heterocycles. The van der Waals surface area contributed by atoms with Crippen LogP contribution in [0.4, 0.5) is 0 Å². The van der Waals surface area contributed by atoms with Gasteiger partial charge in [0.2, 0.25) is 0 Å². The van der Waals surface area contributed by atoms with Crippen molar-refractivity contribution >= 4 is 0 Å². The third kappa shape index (κ3) is 3.63. The third-order valence-electron chi connectivity index (χ3n) is 2.36. The molecule has 0 heterocycles. The van der Waals surface area contributed by atoms with Crippen molar-refractivity contribution in [3.8, 4) is 0 Å². The van der Waals surface area contributed by atoms with Crippen LogP contribution in [0.5, 0.6) is 0 Å². The number of rotatable bonds is 4. The molecule has 0 heteroatoms. The second kappa shape index (κ2) is 5.06. The molecule has 1 unspecified atom stereocenters. The lowest BCUT2D eigenvalue weighted by atomic mass is 9.93. The van der Waals surface area contributed by atoms with Gasteiger partial charge in [-0.2, -0.15) is 0 Å². The van der Waals surface area contributed by atoms with Crippen molar-refractivity contribution in [3.63, 3.8) is 0 Å². The Labute approximate surface area is 82.0 Å². The van der Waals surface area contributed by atoms with Gasteiger partial charge >= 0.3 is 0 Å². The van der Waals surface area contributed by atoms with Crippen molar-refractivity contribution in [1.29, 1.82) is 0 Å². The molecule has 0 aliphatic carbocycles. The summed E-state index contributed by atoms with van der Waals surface area (Å²) in [6.07, 6.45) is 2.46. The lowest BCUT2D eigenvalue weighted by molar-refractivity contribution is 0.533. The Balaban J connectivity index is 2.44. The second-order valence-corrected chi connectivity index (χ2v) is 4.08. The number of hydrogen-bond donors (Lipinski definition) is 0. The van der Waals surface area contributed by atoms with Gasteiger partial charge in [0.25, 0.3) is 0 Å². The molecule has 0 aliphatic heterocycles. The zero-order valence-corrected chi connectivity index (χ0v) is 8.66. The van der Waals surface area contributed by atoms with E-state index in [1.54, 1.807) is 0 Å². The minimum Gasteiger partial charge on any atom is -0.0628 e. The summed E-state index contributed by atoms with van der Waals surface area (Å²) >= 11 is 0. The maximum atomic E-state index is 4.18. The summed E-state index contributed by atoms with van der Waals surface area (Å²) in [4.78, 5) is 0. The summed E-state index contributed by atoms with van der Waals surface area (Å²) in [5.74, 6) is 1.25. The van der Waals surface area contributed by atoms with Gasteiger partial charge in [-0.1, -0.05) is 50.6 Å². The molecule has 0 N–H and O–H groups in total. The van der Waals surface area contributed by atoms with E-state index in [0.29, 0.717) is 5.92 Å². The van der Waals surface area contributed by atoms with Crippen LogP contribution in [-0.4, -0.2) is 0 Å². The Kier molecular flexibility index (Phi) is 4.01. The van der Waals surface area contributed by atoms with Crippen molar-refractivity contribution in [2.75, 3.05) is 0 Å². The van der Waals surface area contributed by atoms with E-state index in [9.17, 15) is 0 Å². The molecule has 0 nitrogen and oxygen atoms in total. The van der Waals surface area contributed by atoms with Crippen molar-refractivity contribution in [2.24, 2.45) is 5.92 Å². The first-order valence-corrected chi connectivity index (χ1v) is 5.08. The van der Waals surface area contributed by atoms with Crippen LogP contribution in [0.15, 0.2) is 30.3 Å². The molecular formula is C13H19. The fraction of sp³-hybridized carbons (Fsp3) is 0.462. The standard InChI is InChI=1S/C13H19/c1-11(2)9-10-12(3)13-7-5-4-6-8-13/h4-8,11-12H,3,9-10H2,1-2H3. The Morgan fingerprint density at radius 1 is 1.08 bits per heavy atom. The van der Waals surface area contributed by atoms with Crippen molar-refractivity contribution in [3.05, 3.63) is 42.8 Å². The van der Waals surface area contributed by atoms with Crippen LogP contribution >= 0.6 is 0 Å². The highest BCUT2D eigenvalue weighted by Crippen LogP contribution is 2.21. The van der Waals surface area contributed by atoms with Crippen LogP contribution in [0, 0.1) is 12.8 Å². The summed E-state index contributed by atoms with van der Waals surface area (Å²) in [6.45, 7) is 8.70. The van der Waals surface area contributed by atoms with Gasteiger partial charge in [-0.15, -0.1) is 0 Å². The molecule has 0 amide bonds. The Bertz CT molecular complexity index is 223. The molecule has 1 atom stereocenters. The summed E-state index contributed by atoms with van der Waals surface area (Å²) in [5, 5.41) is 0. The first-order chi connectivity index (χ1) is 6.20. The largest absolute Gasteiger partial charge is 0.0628 e. The van der Waals surface area contributed by atoms with Crippen LogP contribution in [0.1, 0.15) is 38.2 Å².